The van der Waals surface area contributed by atoms with Crippen LogP contribution < -0.4 is 5.73 Å². The van der Waals surface area contributed by atoms with Crippen molar-refractivity contribution >= 4 is 23.3 Å². The zero-order valence-electron chi connectivity index (χ0n) is 16.3. The van der Waals surface area contributed by atoms with E-state index in [0.717, 1.165) is 31.2 Å². The first-order valence-electron chi connectivity index (χ1n) is 10.2. The fourth-order valence-corrected chi connectivity index (χ4v) is 5.15. The molecule has 0 radical (unpaired) electrons. The normalized spacial score (nSPS) is 21.7. The number of amides is 1. The van der Waals surface area contributed by atoms with Crippen molar-refractivity contribution in [3.8, 4) is 0 Å². The predicted molar refractivity (Wildman–Crippen MR) is 109 cm³/mol. The van der Waals surface area contributed by atoms with Gasteiger partial charge in [-0.3, -0.25) is 9.59 Å². The lowest BCUT2D eigenvalue weighted by atomic mass is 9.62. The average molecular weight is 391 g/mol. The minimum atomic E-state index is -0.550. The van der Waals surface area contributed by atoms with E-state index >= 15 is 0 Å². The second-order valence-electron chi connectivity index (χ2n) is 8.31. The Hall–Kier alpha value is -1.39. The van der Waals surface area contributed by atoms with Crippen LogP contribution in [0.3, 0.4) is 0 Å². The highest BCUT2D eigenvalue weighted by Gasteiger charge is 2.46. The number of carbonyl (C=O) groups excluding carboxylic acids is 2. The van der Waals surface area contributed by atoms with Gasteiger partial charge in [-0.15, -0.1) is 0 Å². The molecule has 1 aliphatic carbocycles. The van der Waals surface area contributed by atoms with Crippen LogP contribution in [0.2, 0.25) is 5.02 Å². The summed E-state index contributed by atoms with van der Waals surface area (Å²) < 4.78 is 0. The summed E-state index contributed by atoms with van der Waals surface area (Å²) in [5.74, 6) is 0.793. The number of likely N-dealkylation sites (tertiary alicyclic amines) is 1. The summed E-state index contributed by atoms with van der Waals surface area (Å²) in [4.78, 5) is 27.2. The molecule has 1 amide bonds. The molecule has 27 heavy (non-hydrogen) atoms. The zero-order chi connectivity index (χ0) is 19.4. The summed E-state index contributed by atoms with van der Waals surface area (Å²) in [5.41, 5.74) is 6.98. The maximum absolute atomic E-state index is 12.8. The molecular formula is C22H31ClN2O2. The third kappa shape index (κ3) is 4.55. The SMILES string of the molecule is CC(=O)C1(C2CCCCC2)CCN(C(=O)[C@H](N)Cc2ccc(Cl)cc2)CC1. The Morgan fingerprint density at radius 3 is 2.30 bits per heavy atom. The van der Waals surface area contributed by atoms with Crippen molar-refractivity contribution in [3.63, 3.8) is 0 Å². The van der Waals surface area contributed by atoms with Gasteiger partial charge in [0, 0.05) is 23.5 Å². The molecule has 3 rings (SSSR count). The molecule has 1 saturated heterocycles. The van der Waals surface area contributed by atoms with Gasteiger partial charge in [-0.25, -0.2) is 0 Å². The van der Waals surface area contributed by atoms with Crippen LogP contribution >= 0.6 is 11.6 Å². The van der Waals surface area contributed by atoms with Crippen molar-refractivity contribution in [1.29, 1.82) is 0 Å². The number of nitrogens with two attached hydrogens (primary N) is 1. The summed E-state index contributed by atoms with van der Waals surface area (Å²) >= 11 is 5.91. The van der Waals surface area contributed by atoms with E-state index in [-0.39, 0.29) is 11.3 Å². The molecule has 4 nitrogen and oxygen atoms in total. The molecule has 0 spiro atoms. The summed E-state index contributed by atoms with van der Waals surface area (Å²) in [6.07, 6.45) is 8.14. The van der Waals surface area contributed by atoms with E-state index in [2.05, 4.69) is 0 Å². The fraction of sp³-hybridized carbons (Fsp3) is 0.636. The Kier molecular flexibility index (Phi) is 6.59. The first-order chi connectivity index (χ1) is 12.9. The van der Waals surface area contributed by atoms with Crippen molar-refractivity contribution in [1.82, 2.24) is 4.90 Å². The Morgan fingerprint density at radius 2 is 1.74 bits per heavy atom. The lowest BCUT2D eigenvalue weighted by molar-refractivity contribution is -0.142. The van der Waals surface area contributed by atoms with Gasteiger partial charge in [-0.2, -0.15) is 0 Å². The molecule has 1 aromatic rings. The molecule has 1 aliphatic heterocycles. The van der Waals surface area contributed by atoms with E-state index in [1.54, 1.807) is 6.92 Å². The smallest absolute Gasteiger partial charge is 0.239 e. The van der Waals surface area contributed by atoms with Gasteiger partial charge >= 0.3 is 0 Å². The van der Waals surface area contributed by atoms with E-state index in [9.17, 15) is 9.59 Å². The van der Waals surface area contributed by atoms with Crippen LogP contribution in [0.1, 0.15) is 57.4 Å². The highest BCUT2D eigenvalue weighted by Crippen LogP contribution is 2.46. The van der Waals surface area contributed by atoms with Gasteiger partial charge in [-0.1, -0.05) is 43.0 Å². The minimum Gasteiger partial charge on any atom is -0.341 e. The molecule has 0 unspecified atom stereocenters. The van der Waals surface area contributed by atoms with Crippen LogP contribution in [0.5, 0.6) is 0 Å². The number of Topliss-reactive ketones (excluding diaryl/α,β-unsaturated/α-hetero) is 1. The van der Waals surface area contributed by atoms with Crippen LogP contribution in [-0.2, 0) is 16.0 Å². The van der Waals surface area contributed by atoms with Crippen LogP contribution in [0.4, 0.5) is 0 Å². The van der Waals surface area contributed by atoms with Crippen LogP contribution in [-0.4, -0.2) is 35.7 Å². The van der Waals surface area contributed by atoms with E-state index in [1.165, 1.54) is 19.3 Å². The Labute approximate surface area is 167 Å². The average Bonchev–Trinajstić information content (AvgIpc) is 2.69. The lowest BCUT2D eigenvalue weighted by Crippen LogP contribution is -2.53. The van der Waals surface area contributed by atoms with E-state index < -0.39 is 6.04 Å². The highest BCUT2D eigenvalue weighted by atomic mass is 35.5. The van der Waals surface area contributed by atoms with E-state index in [1.807, 2.05) is 29.2 Å². The molecule has 1 atom stereocenters. The third-order valence-corrected chi connectivity index (χ3v) is 6.99. The Balaban J connectivity index is 1.60. The van der Waals surface area contributed by atoms with Gasteiger partial charge < -0.3 is 10.6 Å². The lowest BCUT2D eigenvalue weighted by Gasteiger charge is -2.46. The molecule has 2 fully saturated rings. The minimum absolute atomic E-state index is 0.00857. The maximum atomic E-state index is 12.8. The van der Waals surface area contributed by atoms with Gasteiger partial charge in [0.25, 0.3) is 0 Å². The highest BCUT2D eigenvalue weighted by molar-refractivity contribution is 6.30. The van der Waals surface area contributed by atoms with Crippen molar-refractivity contribution in [2.45, 2.75) is 64.3 Å². The topological polar surface area (TPSA) is 63.4 Å². The summed E-state index contributed by atoms with van der Waals surface area (Å²) in [5, 5.41) is 0.679. The number of ketones is 1. The monoisotopic (exact) mass is 390 g/mol. The van der Waals surface area contributed by atoms with Crippen LogP contribution in [0, 0.1) is 11.3 Å². The second kappa shape index (κ2) is 8.74. The zero-order valence-corrected chi connectivity index (χ0v) is 17.0. The molecule has 0 bridgehead atoms. The fourth-order valence-electron chi connectivity index (χ4n) is 5.03. The quantitative estimate of drug-likeness (QED) is 0.826. The molecule has 148 valence electrons. The number of hydrogen-bond acceptors (Lipinski definition) is 3. The first-order valence-corrected chi connectivity index (χ1v) is 10.6. The Bertz CT molecular complexity index is 659. The summed E-state index contributed by atoms with van der Waals surface area (Å²) in [7, 11) is 0. The molecule has 5 heteroatoms. The van der Waals surface area contributed by atoms with Crippen molar-refractivity contribution in [2.24, 2.45) is 17.1 Å². The van der Waals surface area contributed by atoms with E-state index in [0.29, 0.717) is 36.2 Å². The van der Waals surface area contributed by atoms with Crippen molar-refractivity contribution in [3.05, 3.63) is 34.9 Å². The molecule has 1 saturated carbocycles. The molecular weight excluding hydrogens is 360 g/mol. The van der Waals surface area contributed by atoms with Crippen molar-refractivity contribution in [2.75, 3.05) is 13.1 Å². The molecule has 1 aromatic carbocycles. The molecule has 2 N–H and O–H groups in total. The number of carbonyl (C=O) groups is 2. The molecule has 0 aromatic heterocycles. The molecule has 2 aliphatic rings. The first kappa shape index (κ1) is 20.3. The van der Waals surface area contributed by atoms with Gasteiger partial charge in [0.05, 0.1) is 6.04 Å². The number of hydrogen-bond donors (Lipinski definition) is 1. The van der Waals surface area contributed by atoms with Gasteiger partial charge in [0.15, 0.2) is 0 Å². The third-order valence-electron chi connectivity index (χ3n) is 6.74. The Morgan fingerprint density at radius 1 is 1.15 bits per heavy atom. The van der Waals surface area contributed by atoms with Crippen molar-refractivity contribution < 1.29 is 9.59 Å². The summed E-state index contributed by atoms with van der Waals surface area (Å²) in [6, 6.07) is 6.91. The van der Waals surface area contributed by atoms with Gasteiger partial charge in [-0.05, 0) is 62.6 Å². The number of halogens is 1. The number of piperidine rings is 1. The number of nitrogens with zero attached hydrogens (tertiary/aromatic N) is 1. The maximum Gasteiger partial charge on any atom is 0.239 e. The molecule has 1 heterocycles. The number of rotatable bonds is 5. The van der Waals surface area contributed by atoms with Crippen LogP contribution in [0.15, 0.2) is 24.3 Å². The van der Waals surface area contributed by atoms with E-state index in [4.69, 9.17) is 17.3 Å². The summed E-state index contributed by atoms with van der Waals surface area (Å²) in [6.45, 7) is 3.03. The van der Waals surface area contributed by atoms with Crippen LogP contribution in [0.25, 0.3) is 0 Å². The van der Waals surface area contributed by atoms with Gasteiger partial charge in [0.1, 0.15) is 5.78 Å². The predicted octanol–water partition coefficient (Wildman–Crippen LogP) is 3.99. The van der Waals surface area contributed by atoms with Gasteiger partial charge in [0.2, 0.25) is 5.91 Å². The second-order valence-corrected chi connectivity index (χ2v) is 8.75. The largest absolute Gasteiger partial charge is 0.341 e. The standard InChI is InChI=1S/C22H31ClN2O2/c1-16(26)22(18-5-3-2-4-6-18)11-13-25(14-12-22)21(27)20(24)15-17-7-9-19(23)10-8-17/h7-10,18,20H,2-6,11-15,24H2,1H3/t20-/m1/s1. The number of benzene rings is 1.